The van der Waals surface area contributed by atoms with Crippen LogP contribution in [0.2, 0.25) is 5.02 Å². The van der Waals surface area contributed by atoms with Crippen LogP contribution in [0.5, 0.6) is 0 Å². The molecule has 0 aromatic heterocycles. The van der Waals surface area contributed by atoms with Gasteiger partial charge in [-0.05, 0) is 48.4 Å². The first-order valence-electron chi connectivity index (χ1n) is 14.7. The van der Waals surface area contributed by atoms with Crippen LogP contribution in [0.1, 0.15) is 114 Å². The number of aliphatic hydroxyl groups excluding tert-OH is 1. The van der Waals surface area contributed by atoms with E-state index in [-0.39, 0.29) is 11.3 Å². The van der Waals surface area contributed by atoms with Crippen molar-refractivity contribution in [3.63, 3.8) is 0 Å². The maximum Gasteiger partial charge on any atom is 0.295 e. The molecule has 1 heterocycles. The van der Waals surface area contributed by atoms with Crippen molar-refractivity contribution in [2.75, 3.05) is 6.54 Å². The summed E-state index contributed by atoms with van der Waals surface area (Å²) >= 11 is 9.47. The van der Waals surface area contributed by atoms with Gasteiger partial charge >= 0.3 is 0 Å². The Balaban J connectivity index is 1.52. The first-order chi connectivity index (χ1) is 18.9. The van der Waals surface area contributed by atoms with Gasteiger partial charge in [-0.2, -0.15) is 0 Å². The lowest BCUT2D eigenvalue weighted by molar-refractivity contribution is -0.139. The number of nitrogens with zero attached hydrogens (tertiary/aromatic N) is 1. The van der Waals surface area contributed by atoms with Crippen LogP contribution in [0.25, 0.3) is 5.76 Å². The number of unbranched alkanes of at least 4 members (excludes halogenated alkanes) is 13. The van der Waals surface area contributed by atoms with E-state index >= 15 is 0 Å². The molecule has 2 aromatic rings. The van der Waals surface area contributed by atoms with E-state index in [1.54, 1.807) is 29.2 Å². The zero-order valence-corrected chi connectivity index (χ0v) is 25.6. The van der Waals surface area contributed by atoms with Crippen molar-refractivity contribution in [2.24, 2.45) is 0 Å². The number of carbonyl (C=O) groups excluding carboxylic acids is 2. The molecule has 2 aromatic carbocycles. The van der Waals surface area contributed by atoms with Crippen molar-refractivity contribution >= 4 is 45.0 Å². The van der Waals surface area contributed by atoms with Crippen LogP contribution in [-0.2, 0) is 9.59 Å². The molecular formula is C33H43BrClNO3. The number of benzene rings is 2. The van der Waals surface area contributed by atoms with Gasteiger partial charge in [-0.25, -0.2) is 0 Å². The highest BCUT2D eigenvalue weighted by atomic mass is 79.9. The molecule has 0 spiro atoms. The van der Waals surface area contributed by atoms with Crippen LogP contribution in [0.4, 0.5) is 0 Å². The van der Waals surface area contributed by atoms with Crippen molar-refractivity contribution in [1.82, 2.24) is 4.90 Å². The van der Waals surface area contributed by atoms with E-state index in [1.165, 1.54) is 70.6 Å². The summed E-state index contributed by atoms with van der Waals surface area (Å²) in [7, 11) is 0. The van der Waals surface area contributed by atoms with Gasteiger partial charge < -0.3 is 10.0 Å². The van der Waals surface area contributed by atoms with Gasteiger partial charge in [-0.1, -0.05) is 130 Å². The number of likely N-dealkylation sites (tertiary alicyclic amines) is 1. The molecule has 0 bridgehead atoms. The summed E-state index contributed by atoms with van der Waals surface area (Å²) in [6.07, 6.45) is 17.7. The van der Waals surface area contributed by atoms with Crippen molar-refractivity contribution in [1.29, 1.82) is 0 Å². The minimum absolute atomic E-state index is 0.134. The lowest BCUT2D eigenvalue weighted by atomic mass is 9.95. The van der Waals surface area contributed by atoms with Gasteiger partial charge in [0.1, 0.15) is 5.76 Å². The van der Waals surface area contributed by atoms with Gasteiger partial charge in [0.15, 0.2) is 0 Å². The van der Waals surface area contributed by atoms with E-state index in [2.05, 4.69) is 22.9 Å². The molecule has 1 aliphatic rings. The number of halogens is 2. The Labute approximate surface area is 248 Å². The van der Waals surface area contributed by atoms with Crippen LogP contribution >= 0.6 is 27.5 Å². The first-order valence-corrected chi connectivity index (χ1v) is 15.9. The molecule has 0 aliphatic carbocycles. The maximum atomic E-state index is 13.2. The Morgan fingerprint density at radius 2 is 1.26 bits per heavy atom. The fraction of sp³-hybridized carbons (Fsp3) is 0.515. The third-order valence-corrected chi connectivity index (χ3v) is 8.38. The van der Waals surface area contributed by atoms with Crippen molar-refractivity contribution in [2.45, 2.75) is 103 Å². The monoisotopic (exact) mass is 615 g/mol. The average molecular weight is 617 g/mol. The minimum atomic E-state index is -0.638. The molecule has 1 N–H and O–H groups in total. The molecule has 212 valence electrons. The largest absolute Gasteiger partial charge is 0.507 e. The zero-order chi connectivity index (χ0) is 28.0. The fourth-order valence-corrected chi connectivity index (χ4v) is 5.73. The number of hydrogen-bond acceptors (Lipinski definition) is 3. The Kier molecular flexibility index (Phi) is 13.6. The molecule has 1 atom stereocenters. The summed E-state index contributed by atoms with van der Waals surface area (Å²) in [5.41, 5.74) is 1.41. The number of Topliss-reactive ketones (excluding diaryl/α,β-unsaturated/α-hetero) is 1. The van der Waals surface area contributed by atoms with E-state index in [1.807, 2.05) is 24.3 Å². The molecular weight excluding hydrogens is 574 g/mol. The van der Waals surface area contributed by atoms with Crippen LogP contribution in [0, 0.1) is 0 Å². The summed E-state index contributed by atoms with van der Waals surface area (Å²) in [4.78, 5) is 27.9. The average Bonchev–Trinajstić information content (AvgIpc) is 3.18. The summed E-state index contributed by atoms with van der Waals surface area (Å²) in [5.74, 6) is -1.35. The second-order valence-electron chi connectivity index (χ2n) is 10.6. The van der Waals surface area contributed by atoms with Crippen LogP contribution < -0.4 is 0 Å². The molecule has 3 rings (SSSR count). The summed E-state index contributed by atoms with van der Waals surface area (Å²) in [6, 6.07) is 13.6. The van der Waals surface area contributed by atoms with Crippen LogP contribution in [0.3, 0.4) is 0 Å². The predicted molar refractivity (Wildman–Crippen MR) is 165 cm³/mol. The van der Waals surface area contributed by atoms with E-state index in [0.29, 0.717) is 17.1 Å². The molecule has 1 saturated heterocycles. The Hall–Kier alpha value is -2.11. The Morgan fingerprint density at radius 3 is 1.77 bits per heavy atom. The molecule has 0 radical (unpaired) electrons. The smallest absolute Gasteiger partial charge is 0.295 e. The number of hydrogen-bond donors (Lipinski definition) is 1. The molecule has 4 nitrogen and oxygen atoms in total. The summed E-state index contributed by atoms with van der Waals surface area (Å²) in [6.45, 7) is 2.75. The van der Waals surface area contributed by atoms with Crippen LogP contribution in [-0.4, -0.2) is 28.2 Å². The second kappa shape index (κ2) is 16.9. The quantitative estimate of drug-likeness (QED) is 0.0833. The van der Waals surface area contributed by atoms with Crippen molar-refractivity contribution in [3.8, 4) is 0 Å². The number of rotatable bonds is 17. The van der Waals surface area contributed by atoms with Gasteiger partial charge in [-0.15, -0.1) is 0 Å². The minimum Gasteiger partial charge on any atom is -0.507 e. The summed E-state index contributed by atoms with van der Waals surface area (Å²) < 4.78 is 0.910. The third-order valence-electron chi connectivity index (χ3n) is 7.60. The molecule has 1 fully saturated rings. The number of aliphatic hydroxyl groups is 1. The molecule has 1 aliphatic heterocycles. The van der Waals surface area contributed by atoms with E-state index < -0.39 is 17.7 Å². The third kappa shape index (κ3) is 9.49. The SMILES string of the molecule is CCCCCCCCCCCCCCCCN1C(=O)C(=O)C(=C(O)c2ccc(Cl)cc2)C1c1ccc(Br)cc1. The first kappa shape index (κ1) is 31.4. The lowest BCUT2D eigenvalue weighted by Crippen LogP contribution is -2.30. The molecule has 1 amide bonds. The standard InChI is InChI=1S/C33H43BrClNO3/c1-2-3-4-5-6-7-8-9-10-11-12-13-14-15-24-36-30(25-16-20-27(34)21-17-25)29(32(38)33(36)39)31(37)26-18-22-28(35)23-19-26/h16-23,30,37H,2-15,24H2,1H3. The highest BCUT2D eigenvalue weighted by Gasteiger charge is 2.45. The number of amides is 1. The highest BCUT2D eigenvalue weighted by molar-refractivity contribution is 9.10. The number of carbonyl (C=O) groups is 2. The second-order valence-corrected chi connectivity index (χ2v) is 12.0. The van der Waals surface area contributed by atoms with Gasteiger partial charge in [0.05, 0.1) is 11.6 Å². The fourth-order valence-electron chi connectivity index (χ4n) is 5.34. The van der Waals surface area contributed by atoms with E-state index in [0.717, 1.165) is 29.3 Å². The Bertz CT molecular complexity index is 1080. The highest BCUT2D eigenvalue weighted by Crippen LogP contribution is 2.40. The topological polar surface area (TPSA) is 57.6 Å². The van der Waals surface area contributed by atoms with Gasteiger partial charge in [-0.3, -0.25) is 9.59 Å². The van der Waals surface area contributed by atoms with Crippen molar-refractivity contribution in [3.05, 3.63) is 74.7 Å². The van der Waals surface area contributed by atoms with Gasteiger partial charge in [0, 0.05) is 21.6 Å². The van der Waals surface area contributed by atoms with Gasteiger partial charge in [0.25, 0.3) is 11.7 Å². The number of ketones is 1. The van der Waals surface area contributed by atoms with E-state index in [9.17, 15) is 14.7 Å². The molecule has 6 heteroatoms. The van der Waals surface area contributed by atoms with E-state index in [4.69, 9.17) is 11.6 Å². The van der Waals surface area contributed by atoms with Gasteiger partial charge in [0.2, 0.25) is 0 Å². The lowest BCUT2D eigenvalue weighted by Gasteiger charge is -2.25. The normalized spacial score (nSPS) is 16.8. The Morgan fingerprint density at radius 1 is 0.769 bits per heavy atom. The van der Waals surface area contributed by atoms with Crippen LogP contribution in [0.15, 0.2) is 58.6 Å². The molecule has 39 heavy (non-hydrogen) atoms. The molecule has 1 unspecified atom stereocenters. The molecule has 0 saturated carbocycles. The van der Waals surface area contributed by atoms with Crippen molar-refractivity contribution < 1.29 is 14.7 Å². The predicted octanol–water partition coefficient (Wildman–Crippen LogP) is 10.0. The summed E-state index contributed by atoms with van der Waals surface area (Å²) in [5, 5.41) is 11.7. The maximum absolute atomic E-state index is 13.2. The zero-order valence-electron chi connectivity index (χ0n) is 23.3.